The Morgan fingerprint density at radius 2 is 2.18 bits per heavy atom. The van der Waals surface area contributed by atoms with E-state index >= 15 is 0 Å². The molecule has 0 radical (unpaired) electrons. The molecular formula is C16H13N3O2S. The second kappa shape index (κ2) is 5.35. The third-order valence-electron chi connectivity index (χ3n) is 3.50. The Labute approximate surface area is 131 Å². The van der Waals surface area contributed by atoms with Crippen molar-refractivity contribution in [2.24, 2.45) is 0 Å². The summed E-state index contributed by atoms with van der Waals surface area (Å²) in [5.74, 6) is -0.871. The van der Waals surface area contributed by atoms with Crippen LogP contribution in [0.25, 0.3) is 16.7 Å². The Kier molecular flexibility index (Phi) is 3.51. The van der Waals surface area contributed by atoms with E-state index < -0.39 is 11.2 Å². The Morgan fingerprint density at radius 1 is 1.45 bits per heavy atom. The van der Waals surface area contributed by atoms with Gasteiger partial charge in [0.05, 0.1) is 21.6 Å². The number of nitrogens with zero attached hydrogens (tertiary/aromatic N) is 3. The fourth-order valence-corrected chi connectivity index (χ4v) is 3.37. The molecule has 3 aromatic rings. The van der Waals surface area contributed by atoms with E-state index in [0.717, 1.165) is 21.6 Å². The van der Waals surface area contributed by atoms with E-state index in [1.807, 2.05) is 41.7 Å². The lowest BCUT2D eigenvalue weighted by molar-refractivity contribution is -0.136. The average molecular weight is 311 g/mol. The van der Waals surface area contributed by atoms with Gasteiger partial charge in [0.2, 0.25) is 0 Å². The second-order valence-electron chi connectivity index (χ2n) is 5.01. The number of aryl methyl sites for hydroxylation is 1. The molecule has 0 aliphatic heterocycles. The molecule has 0 saturated carbocycles. The molecule has 1 aromatic carbocycles. The van der Waals surface area contributed by atoms with Crippen LogP contribution in [-0.4, -0.2) is 25.7 Å². The number of benzene rings is 1. The number of fused-ring (bicyclic) bond motifs is 3. The zero-order valence-corrected chi connectivity index (χ0v) is 12.9. The number of para-hydroxylation sites is 2. The minimum atomic E-state index is -0.871. The van der Waals surface area contributed by atoms with Gasteiger partial charge in [-0.2, -0.15) is 5.26 Å². The molecule has 2 aromatic heterocycles. The standard InChI is InChI=1S/C16H13N3O2S/c1-9-7-14(22-10(2)16(20)21)19-13-6-4-3-5-12(13)18-15(19)11(9)8-17/h3-7,10H,1-2H3,(H,20,21). The first-order valence-corrected chi connectivity index (χ1v) is 7.61. The number of thioether (sulfide) groups is 1. The normalized spacial score (nSPS) is 12.4. The summed E-state index contributed by atoms with van der Waals surface area (Å²) in [5.41, 5.74) is 3.54. The van der Waals surface area contributed by atoms with Crippen LogP contribution >= 0.6 is 11.8 Å². The lowest BCUT2D eigenvalue weighted by Gasteiger charge is -2.11. The number of hydrogen-bond acceptors (Lipinski definition) is 4. The van der Waals surface area contributed by atoms with Gasteiger partial charge in [-0.3, -0.25) is 9.20 Å². The molecule has 0 aliphatic rings. The van der Waals surface area contributed by atoms with E-state index in [4.69, 9.17) is 5.11 Å². The summed E-state index contributed by atoms with van der Waals surface area (Å²) in [6, 6.07) is 11.6. The average Bonchev–Trinajstić information content (AvgIpc) is 2.86. The van der Waals surface area contributed by atoms with E-state index in [1.54, 1.807) is 6.92 Å². The fourth-order valence-electron chi connectivity index (χ4n) is 2.37. The number of carboxylic acids is 1. The molecule has 0 aliphatic carbocycles. The molecule has 0 spiro atoms. The number of imidazole rings is 1. The largest absolute Gasteiger partial charge is 0.480 e. The maximum atomic E-state index is 11.2. The lowest BCUT2D eigenvalue weighted by Crippen LogP contribution is -2.12. The fraction of sp³-hybridized carbons (Fsp3) is 0.188. The molecular weight excluding hydrogens is 298 g/mol. The molecule has 1 unspecified atom stereocenters. The zero-order valence-electron chi connectivity index (χ0n) is 12.1. The van der Waals surface area contributed by atoms with Crippen LogP contribution in [0.15, 0.2) is 35.4 Å². The van der Waals surface area contributed by atoms with Gasteiger partial charge in [0, 0.05) is 0 Å². The number of nitriles is 1. The number of pyridine rings is 1. The highest BCUT2D eigenvalue weighted by Gasteiger charge is 2.19. The smallest absolute Gasteiger partial charge is 0.316 e. The Morgan fingerprint density at radius 3 is 2.86 bits per heavy atom. The number of aliphatic carboxylic acids is 1. The van der Waals surface area contributed by atoms with Crippen LogP contribution in [0.4, 0.5) is 0 Å². The van der Waals surface area contributed by atoms with Gasteiger partial charge < -0.3 is 5.11 Å². The predicted molar refractivity (Wildman–Crippen MR) is 85.1 cm³/mol. The second-order valence-corrected chi connectivity index (χ2v) is 6.37. The summed E-state index contributed by atoms with van der Waals surface area (Å²) in [7, 11) is 0. The van der Waals surface area contributed by atoms with Gasteiger partial charge in [0.1, 0.15) is 11.3 Å². The van der Waals surface area contributed by atoms with Crippen molar-refractivity contribution >= 4 is 34.4 Å². The van der Waals surface area contributed by atoms with Crippen molar-refractivity contribution in [2.75, 3.05) is 0 Å². The Balaban J connectivity index is 2.37. The highest BCUT2D eigenvalue weighted by molar-refractivity contribution is 8.00. The van der Waals surface area contributed by atoms with E-state index in [9.17, 15) is 10.1 Å². The molecule has 1 N–H and O–H groups in total. The van der Waals surface area contributed by atoms with Crippen molar-refractivity contribution < 1.29 is 9.90 Å². The minimum absolute atomic E-state index is 0.517. The molecule has 6 heteroatoms. The van der Waals surface area contributed by atoms with Crippen molar-refractivity contribution in [1.29, 1.82) is 5.26 Å². The Bertz CT molecular complexity index is 940. The van der Waals surface area contributed by atoms with Crippen LogP contribution in [0.1, 0.15) is 18.1 Å². The van der Waals surface area contributed by atoms with E-state index in [0.29, 0.717) is 11.2 Å². The molecule has 5 nitrogen and oxygen atoms in total. The van der Waals surface area contributed by atoms with Crippen molar-refractivity contribution in [2.45, 2.75) is 24.1 Å². The predicted octanol–water partition coefficient (Wildman–Crippen LogP) is 3.23. The van der Waals surface area contributed by atoms with Crippen molar-refractivity contribution in [3.63, 3.8) is 0 Å². The first-order chi connectivity index (χ1) is 10.5. The van der Waals surface area contributed by atoms with Gasteiger partial charge in [-0.15, -0.1) is 0 Å². The third-order valence-corrected chi connectivity index (χ3v) is 4.59. The molecule has 110 valence electrons. The van der Waals surface area contributed by atoms with Crippen LogP contribution in [0.3, 0.4) is 0 Å². The summed E-state index contributed by atoms with van der Waals surface area (Å²) in [6.45, 7) is 3.49. The maximum absolute atomic E-state index is 11.2. The van der Waals surface area contributed by atoms with Gasteiger partial charge in [-0.05, 0) is 37.6 Å². The highest BCUT2D eigenvalue weighted by atomic mass is 32.2. The van der Waals surface area contributed by atoms with Crippen LogP contribution in [-0.2, 0) is 4.79 Å². The maximum Gasteiger partial charge on any atom is 0.316 e. The molecule has 1 atom stereocenters. The molecule has 0 amide bonds. The first-order valence-electron chi connectivity index (χ1n) is 6.73. The summed E-state index contributed by atoms with van der Waals surface area (Å²) in [4.78, 5) is 15.7. The summed E-state index contributed by atoms with van der Waals surface area (Å²) in [5, 5.41) is 18.7. The number of carbonyl (C=O) groups is 1. The third kappa shape index (κ3) is 2.20. The quantitative estimate of drug-likeness (QED) is 0.751. The van der Waals surface area contributed by atoms with Crippen LogP contribution in [0.5, 0.6) is 0 Å². The van der Waals surface area contributed by atoms with Crippen LogP contribution in [0.2, 0.25) is 0 Å². The van der Waals surface area contributed by atoms with Crippen LogP contribution < -0.4 is 0 Å². The van der Waals surface area contributed by atoms with E-state index in [-0.39, 0.29) is 0 Å². The molecule has 0 fully saturated rings. The van der Waals surface area contributed by atoms with Gasteiger partial charge in [-0.25, -0.2) is 4.98 Å². The first kappa shape index (κ1) is 14.4. The zero-order chi connectivity index (χ0) is 15.9. The molecule has 0 bridgehead atoms. The van der Waals surface area contributed by atoms with E-state index in [1.165, 1.54) is 11.8 Å². The number of rotatable bonds is 3. The number of carboxylic acid groups (broad SMARTS) is 1. The topological polar surface area (TPSA) is 78.4 Å². The van der Waals surface area contributed by atoms with Crippen molar-refractivity contribution in [3.05, 3.63) is 41.5 Å². The van der Waals surface area contributed by atoms with Crippen molar-refractivity contribution in [3.8, 4) is 6.07 Å². The van der Waals surface area contributed by atoms with Crippen molar-refractivity contribution in [1.82, 2.24) is 9.38 Å². The molecule has 3 rings (SSSR count). The molecule has 2 heterocycles. The summed E-state index contributed by atoms with van der Waals surface area (Å²) in [6.07, 6.45) is 0. The van der Waals surface area contributed by atoms with Gasteiger partial charge >= 0.3 is 5.97 Å². The van der Waals surface area contributed by atoms with Gasteiger partial charge in [-0.1, -0.05) is 23.9 Å². The number of hydrogen-bond donors (Lipinski definition) is 1. The van der Waals surface area contributed by atoms with E-state index in [2.05, 4.69) is 11.1 Å². The molecule has 22 heavy (non-hydrogen) atoms. The summed E-state index contributed by atoms with van der Waals surface area (Å²) < 4.78 is 1.87. The Hall–Kier alpha value is -2.52. The minimum Gasteiger partial charge on any atom is -0.480 e. The van der Waals surface area contributed by atoms with Gasteiger partial charge in [0.15, 0.2) is 5.65 Å². The number of aromatic nitrogens is 2. The lowest BCUT2D eigenvalue weighted by atomic mass is 10.2. The summed E-state index contributed by atoms with van der Waals surface area (Å²) >= 11 is 1.25. The molecule has 0 saturated heterocycles. The highest BCUT2D eigenvalue weighted by Crippen LogP contribution is 2.31. The van der Waals surface area contributed by atoms with Crippen LogP contribution in [0, 0.1) is 18.3 Å². The van der Waals surface area contributed by atoms with Gasteiger partial charge in [0.25, 0.3) is 0 Å². The SMILES string of the molecule is Cc1cc(SC(C)C(=O)O)n2c(nc3ccccc32)c1C#N. The monoisotopic (exact) mass is 311 g/mol.